The Hall–Kier alpha value is -3.01. The van der Waals surface area contributed by atoms with E-state index < -0.39 is 23.6 Å². The number of carbonyl (C=O) groups excluding carboxylic acids is 1. The first-order valence-electron chi connectivity index (χ1n) is 7.96. The zero-order valence-corrected chi connectivity index (χ0v) is 15.6. The van der Waals surface area contributed by atoms with Crippen molar-refractivity contribution in [2.24, 2.45) is 0 Å². The highest BCUT2D eigenvalue weighted by Crippen LogP contribution is 2.26. The Morgan fingerprint density at radius 2 is 1.79 bits per heavy atom. The van der Waals surface area contributed by atoms with Gasteiger partial charge in [0.1, 0.15) is 17.7 Å². The molecule has 3 aromatic rings. The average Bonchev–Trinajstić information content (AvgIpc) is 2.67. The molecule has 0 radical (unpaired) electrons. The van der Waals surface area contributed by atoms with E-state index in [4.69, 9.17) is 28.5 Å². The Balaban J connectivity index is 1.99. The Kier molecular flexibility index (Phi) is 5.88. The first-order valence-corrected chi connectivity index (χ1v) is 8.71. The van der Waals surface area contributed by atoms with Crippen LogP contribution in [-0.4, -0.2) is 10.9 Å². The summed E-state index contributed by atoms with van der Waals surface area (Å²) in [6.07, 6.45) is 1.37. The highest BCUT2D eigenvalue weighted by molar-refractivity contribution is 6.30. The van der Waals surface area contributed by atoms with E-state index in [1.54, 1.807) is 18.2 Å². The summed E-state index contributed by atoms with van der Waals surface area (Å²) in [6.45, 7) is 0. The Morgan fingerprint density at radius 3 is 2.39 bits per heavy atom. The minimum atomic E-state index is -0.972. The number of amides is 1. The molecule has 1 aromatic heterocycles. The van der Waals surface area contributed by atoms with Gasteiger partial charge in [0.05, 0.1) is 22.3 Å². The lowest BCUT2D eigenvalue weighted by Crippen LogP contribution is -2.30. The molecule has 0 saturated heterocycles. The molecule has 2 aromatic carbocycles. The Labute approximate surface area is 169 Å². The van der Waals surface area contributed by atoms with Gasteiger partial charge in [0, 0.05) is 22.3 Å². The van der Waals surface area contributed by atoms with Crippen molar-refractivity contribution in [3.63, 3.8) is 0 Å². The maximum atomic E-state index is 14.5. The molecule has 0 aliphatic rings. The van der Waals surface area contributed by atoms with Crippen LogP contribution < -0.4 is 5.32 Å². The second kappa shape index (κ2) is 8.34. The Bertz CT molecular complexity index is 1080. The van der Waals surface area contributed by atoms with Crippen molar-refractivity contribution in [3.8, 4) is 6.07 Å². The van der Waals surface area contributed by atoms with Crippen molar-refractivity contribution in [2.75, 3.05) is 0 Å². The molecule has 28 heavy (non-hydrogen) atoms. The van der Waals surface area contributed by atoms with Crippen LogP contribution in [0.1, 0.15) is 33.2 Å². The molecule has 0 bridgehead atoms. The van der Waals surface area contributed by atoms with Crippen LogP contribution in [0.2, 0.25) is 10.0 Å². The topological polar surface area (TPSA) is 65.8 Å². The average molecular weight is 418 g/mol. The molecule has 0 aliphatic heterocycles. The molecule has 0 fully saturated rings. The third-order valence-corrected chi connectivity index (χ3v) is 4.41. The minimum absolute atomic E-state index is 0.0233. The summed E-state index contributed by atoms with van der Waals surface area (Å²) < 4.78 is 28.3. The van der Waals surface area contributed by atoms with Gasteiger partial charge < -0.3 is 5.32 Å². The van der Waals surface area contributed by atoms with Crippen LogP contribution in [0.25, 0.3) is 0 Å². The smallest absolute Gasteiger partial charge is 0.252 e. The van der Waals surface area contributed by atoms with Crippen LogP contribution in [0.5, 0.6) is 0 Å². The number of nitrogens with zero attached hydrogens (tertiary/aromatic N) is 2. The molecular formula is C20H11Cl2F2N3O. The second-order valence-electron chi connectivity index (χ2n) is 5.78. The van der Waals surface area contributed by atoms with E-state index in [0.717, 1.165) is 12.1 Å². The molecule has 0 aliphatic carbocycles. The largest absolute Gasteiger partial charge is 0.339 e. The van der Waals surface area contributed by atoms with Crippen LogP contribution in [0.15, 0.2) is 54.7 Å². The van der Waals surface area contributed by atoms with E-state index in [0.29, 0.717) is 10.7 Å². The van der Waals surface area contributed by atoms with Crippen molar-refractivity contribution < 1.29 is 13.6 Å². The first-order chi connectivity index (χ1) is 13.4. The van der Waals surface area contributed by atoms with E-state index in [1.165, 1.54) is 30.5 Å². The summed E-state index contributed by atoms with van der Waals surface area (Å²) in [7, 11) is 0. The molecule has 140 valence electrons. The van der Waals surface area contributed by atoms with Crippen molar-refractivity contribution in [2.45, 2.75) is 6.04 Å². The van der Waals surface area contributed by atoms with Gasteiger partial charge in [-0.2, -0.15) is 5.26 Å². The molecule has 1 N–H and O–H groups in total. The molecule has 0 spiro atoms. The number of nitriles is 1. The molecule has 0 saturated carbocycles. The quantitative estimate of drug-likeness (QED) is 0.645. The van der Waals surface area contributed by atoms with Gasteiger partial charge >= 0.3 is 0 Å². The number of halogens is 4. The summed E-state index contributed by atoms with van der Waals surface area (Å²) in [5.74, 6) is -2.13. The molecule has 1 unspecified atom stereocenters. The first kappa shape index (κ1) is 19.7. The third kappa shape index (κ3) is 4.28. The highest BCUT2D eigenvalue weighted by atomic mass is 35.5. The van der Waals surface area contributed by atoms with E-state index in [9.17, 15) is 13.6 Å². The van der Waals surface area contributed by atoms with Crippen LogP contribution in [-0.2, 0) is 0 Å². The monoisotopic (exact) mass is 417 g/mol. The van der Waals surface area contributed by atoms with Crippen molar-refractivity contribution in [1.82, 2.24) is 10.3 Å². The van der Waals surface area contributed by atoms with Crippen molar-refractivity contribution in [3.05, 3.63) is 98.8 Å². The summed E-state index contributed by atoms with van der Waals surface area (Å²) in [5.41, 5.74) is 0.246. The maximum Gasteiger partial charge on any atom is 0.252 e. The molecule has 4 nitrogen and oxygen atoms in total. The molecule has 8 heteroatoms. The van der Waals surface area contributed by atoms with Gasteiger partial charge in [0.15, 0.2) is 0 Å². The Morgan fingerprint density at radius 1 is 1.04 bits per heavy atom. The number of rotatable bonds is 4. The molecule has 3 rings (SSSR count). The predicted molar refractivity (Wildman–Crippen MR) is 101 cm³/mol. The maximum absolute atomic E-state index is 14.5. The zero-order valence-electron chi connectivity index (χ0n) is 14.1. The lowest BCUT2D eigenvalue weighted by atomic mass is 10.0. The number of benzene rings is 2. The molecule has 1 atom stereocenters. The number of carbonyl (C=O) groups is 1. The fraction of sp³-hybridized carbons (Fsp3) is 0.0500. The van der Waals surface area contributed by atoms with Crippen LogP contribution >= 0.6 is 23.2 Å². The summed E-state index contributed by atoms with van der Waals surface area (Å²) in [4.78, 5) is 16.8. The van der Waals surface area contributed by atoms with Gasteiger partial charge in [0.25, 0.3) is 5.91 Å². The van der Waals surface area contributed by atoms with E-state index in [-0.39, 0.29) is 21.7 Å². The summed E-state index contributed by atoms with van der Waals surface area (Å²) in [5, 5.41) is 12.0. The molecular weight excluding hydrogens is 407 g/mol. The fourth-order valence-electron chi connectivity index (χ4n) is 2.57. The number of nitrogens with one attached hydrogen (secondary N) is 1. The number of hydrogen-bond donors (Lipinski definition) is 1. The molecule has 1 heterocycles. The normalized spacial score (nSPS) is 11.5. The third-order valence-electron chi connectivity index (χ3n) is 3.95. The van der Waals surface area contributed by atoms with Crippen molar-refractivity contribution >= 4 is 29.1 Å². The number of pyridine rings is 1. The molecule has 1 amide bonds. The van der Waals surface area contributed by atoms with Gasteiger partial charge in [0.2, 0.25) is 0 Å². The standard InChI is InChI=1S/C20H11Cl2F2N3O/c21-13-3-5-15(17(24)8-13)19(18-6-4-14(22)10-26-18)27-20(28)11-1-2-12(9-25)16(23)7-11/h1-8,10,19H,(H,27,28). The van der Waals surface area contributed by atoms with Gasteiger partial charge in [-0.05, 0) is 42.5 Å². The van der Waals surface area contributed by atoms with E-state index >= 15 is 0 Å². The summed E-state index contributed by atoms with van der Waals surface area (Å²) in [6, 6.07) is 11.3. The lowest BCUT2D eigenvalue weighted by molar-refractivity contribution is 0.0941. The van der Waals surface area contributed by atoms with Gasteiger partial charge in [-0.1, -0.05) is 29.3 Å². The van der Waals surface area contributed by atoms with Gasteiger partial charge in [-0.25, -0.2) is 8.78 Å². The van der Waals surface area contributed by atoms with Crippen LogP contribution in [0, 0.1) is 23.0 Å². The SMILES string of the molecule is N#Cc1ccc(C(=O)NC(c2ccc(Cl)cn2)c2ccc(Cl)cc2F)cc1F. The predicted octanol–water partition coefficient (Wildman–Crippen LogP) is 5.06. The fourth-order valence-corrected chi connectivity index (χ4v) is 2.84. The van der Waals surface area contributed by atoms with Gasteiger partial charge in [-0.3, -0.25) is 9.78 Å². The number of aromatic nitrogens is 1. The van der Waals surface area contributed by atoms with Crippen molar-refractivity contribution in [1.29, 1.82) is 5.26 Å². The lowest BCUT2D eigenvalue weighted by Gasteiger charge is -2.20. The van der Waals surface area contributed by atoms with Gasteiger partial charge in [-0.15, -0.1) is 0 Å². The van der Waals surface area contributed by atoms with Crippen LogP contribution in [0.4, 0.5) is 8.78 Å². The van der Waals surface area contributed by atoms with Crippen LogP contribution in [0.3, 0.4) is 0 Å². The summed E-state index contributed by atoms with van der Waals surface area (Å²) >= 11 is 11.7. The zero-order chi connectivity index (χ0) is 20.3. The minimum Gasteiger partial charge on any atom is -0.339 e. The van der Waals surface area contributed by atoms with E-state index in [1.807, 2.05) is 0 Å². The second-order valence-corrected chi connectivity index (χ2v) is 6.65. The highest BCUT2D eigenvalue weighted by Gasteiger charge is 2.23. The van der Waals surface area contributed by atoms with E-state index in [2.05, 4.69) is 10.3 Å². The number of hydrogen-bond acceptors (Lipinski definition) is 3.